The number of amidine groups is 1. The number of nitrogens with zero attached hydrogens (tertiary/aromatic N) is 3. The van der Waals surface area contributed by atoms with Gasteiger partial charge >= 0.3 is 0 Å². The van der Waals surface area contributed by atoms with Crippen molar-refractivity contribution in [3.05, 3.63) is 95.6 Å². The number of anilines is 1. The molecule has 226 valence electrons. The van der Waals surface area contributed by atoms with E-state index in [1.807, 2.05) is 41.3 Å². The molecule has 0 spiro atoms. The maximum absolute atomic E-state index is 15.2. The third kappa shape index (κ3) is 5.62. The van der Waals surface area contributed by atoms with Crippen LogP contribution >= 0.6 is 11.8 Å². The first kappa shape index (κ1) is 29.2. The summed E-state index contributed by atoms with van der Waals surface area (Å²) in [7, 11) is 1.48. The van der Waals surface area contributed by atoms with Crippen LogP contribution < -0.4 is 15.4 Å². The van der Waals surface area contributed by atoms with E-state index in [0.29, 0.717) is 40.0 Å². The fourth-order valence-electron chi connectivity index (χ4n) is 6.20. The van der Waals surface area contributed by atoms with E-state index in [9.17, 15) is 13.6 Å². The highest BCUT2D eigenvalue weighted by molar-refractivity contribution is 8.14. The van der Waals surface area contributed by atoms with Gasteiger partial charge in [-0.2, -0.15) is 0 Å². The van der Waals surface area contributed by atoms with Crippen molar-refractivity contribution >= 4 is 28.5 Å². The van der Waals surface area contributed by atoms with Crippen LogP contribution in [0.5, 0.6) is 5.75 Å². The number of para-hydroxylation sites is 1. The summed E-state index contributed by atoms with van der Waals surface area (Å²) in [5.41, 5.74) is 2.15. The summed E-state index contributed by atoms with van der Waals surface area (Å²) in [4.78, 5) is 23.1. The molecule has 0 bridgehead atoms. The molecule has 2 N–H and O–H groups in total. The molecule has 0 radical (unpaired) electrons. The Morgan fingerprint density at radius 1 is 1.14 bits per heavy atom. The number of allylic oxidation sites excluding steroid dienone is 4. The van der Waals surface area contributed by atoms with E-state index in [4.69, 9.17) is 9.73 Å². The van der Waals surface area contributed by atoms with Crippen LogP contribution in [0.15, 0.2) is 83.7 Å². The molecule has 1 fully saturated rings. The number of amides is 1. The van der Waals surface area contributed by atoms with Gasteiger partial charge in [0.15, 0.2) is 5.17 Å². The van der Waals surface area contributed by atoms with Crippen molar-refractivity contribution in [2.45, 2.75) is 49.9 Å². The number of fused-ring (bicyclic) bond motifs is 1. The van der Waals surface area contributed by atoms with E-state index in [1.165, 1.54) is 13.2 Å². The van der Waals surface area contributed by atoms with Crippen molar-refractivity contribution in [3.8, 4) is 5.75 Å². The number of aliphatic imine (C=N–C) groups is 1. The summed E-state index contributed by atoms with van der Waals surface area (Å²) in [6.45, 7) is 0.719. The molecule has 43 heavy (non-hydrogen) atoms. The number of carbonyl (C=O) groups excluding carboxylic acids is 1. The summed E-state index contributed by atoms with van der Waals surface area (Å²) >= 11 is 1.56. The Balaban J connectivity index is 1.52. The second kappa shape index (κ2) is 12.0. The van der Waals surface area contributed by atoms with Crippen LogP contribution in [-0.2, 0) is 6.42 Å². The molecule has 1 aliphatic carbocycles. The van der Waals surface area contributed by atoms with E-state index in [2.05, 4.69) is 10.6 Å². The predicted molar refractivity (Wildman–Crippen MR) is 164 cm³/mol. The van der Waals surface area contributed by atoms with Gasteiger partial charge in [-0.15, -0.1) is 0 Å². The molecule has 6 rings (SSSR count). The van der Waals surface area contributed by atoms with Crippen LogP contribution in [0.2, 0.25) is 0 Å². The largest absolute Gasteiger partial charge is 0.497 e. The van der Waals surface area contributed by atoms with Gasteiger partial charge in [0.05, 0.1) is 30.6 Å². The van der Waals surface area contributed by atoms with Gasteiger partial charge in [0, 0.05) is 43.4 Å². The molecule has 1 unspecified atom stereocenters. The Hall–Kier alpha value is -3.86. The normalized spacial score (nSPS) is 23.1. The Labute approximate surface area is 253 Å². The van der Waals surface area contributed by atoms with Crippen LogP contribution in [0, 0.1) is 5.82 Å². The smallest absolute Gasteiger partial charge is 0.259 e. The topological polar surface area (TPSA) is 69.2 Å². The Kier molecular flexibility index (Phi) is 8.17. The van der Waals surface area contributed by atoms with Crippen molar-refractivity contribution < 1.29 is 22.7 Å². The molecule has 1 atom stereocenters. The Morgan fingerprint density at radius 2 is 1.95 bits per heavy atom. The second-order valence-electron chi connectivity index (χ2n) is 10.9. The lowest BCUT2D eigenvalue weighted by molar-refractivity contribution is -0.0646. The average Bonchev–Trinajstić information content (AvgIpc) is 3.38. The first-order valence-corrected chi connectivity index (χ1v) is 15.5. The zero-order valence-electron chi connectivity index (χ0n) is 23.9. The maximum atomic E-state index is 15.2. The number of carbonyl (C=O) groups is 1. The van der Waals surface area contributed by atoms with Crippen LogP contribution in [-0.4, -0.2) is 64.6 Å². The van der Waals surface area contributed by atoms with E-state index >= 15 is 4.39 Å². The van der Waals surface area contributed by atoms with E-state index in [-0.39, 0.29) is 50.6 Å². The van der Waals surface area contributed by atoms with Crippen LogP contribution in [0.25, 0.3) is 0 Å². The van der Waals surface area contributed by atoms with Crippen LogP contribution in [0.4, 0.5) is 18.9 Å². The van der Waals surface area contributed by atoms with Gasteiger partial charge < -0.3 is 20.3 Å². The zero-order chi connectivity index (χ0) is 30.0. The van der Waals surface area contributed by atoms with Gasteiger partial charge in [-0.25, -0.2) is 13.2 Å². The third-order valence-electron chi connectivity index (χ3n) is 8.34. The number of benzene rings is 2. The third-order valence-corrected chi connectivity index (χ3v) is 9.31. The minimum absolute atomic E-state index is 0.132. The van der Waals surface area contributed by atoms with Crippen molar-refractivity contribution in [1.82, 2.24) is 15.1 Å². The standard InChI is InChI=1S/C32H34F3N5O2S/c1-42-24-11-10-22(26(33)21-24)14-19-39-29(41)25-7-4-5-8-27(25)38-32(39,28-9-3-2-6-17-36-28)40(30-37-18-20-43-30)23-12-15-31(34,35)16-13-23/h2-11,17,21,23,36,38H,12-16,18-20H2,1H3. The lowest BCUT2D eigenvalue weighted by atomic mass is 9.89. The maximum Gasteiger partial charge on any atom is 0.259 e. The second-order valence-corrected chi connectivity index (χ2v) is 12.0. The number of nitrogens with one attached hydrogen (secondary N) is 2. The van der Waals surface area contributed by atoms with Crippen molar-refractivity contribution in [1.29, 1.82) is 0 Å². The fraction of sp³-hybridized carbons (Fsp3) is 0.375. The van der Waals surface area contributed by atoms with Gasteiger partial charge in [0.1, 0.15) is 11.6 Å². The highest BCUT2D eigenvalue weighted by Crippen LogP contribution is 2.45. The summed E-state index contributed by atoms with van der Waals surface area (Å²) < 4.78 is 49.3. The first-order valence-electron chi connectivity index (χ1n) is 14.5. The van der Waals surface area contributed by atoms with Gasteiger partial charge in [-0.3, -0.25) is 14.7 Å². The fourth-order valence-corrected chi connectivity index (χ4v) is 7.17. The molecule has 2 aromatic carbocycles. The molecular weight excluding hydrogens is 575 g/mol. The number of hydrogen-bond acceptors (Lipinski definition) is 7. The SMILES string of the molecule is COc1ccc(CCN2C(=O)c3ccccc3NC2(C2=CC=CC=CN2)N(C2=NCCS2)C2CCC(F)(F)CC2)c(F)c1. The number of methoxy groups -OCH3 is 1. The van der Waals surface area contributed by atoms with E-state index in [0.717, 1.165) is 5.75 Å². The molecule has 1 saturated carbocycles. The number of rotatable bonds is 7. The first-order chi connectivity index (χ1) is 20.8. The molecule has 3 aliphatic heterocycles. The van der Waals surface area contributed by atoms with Gasteiger partial charge in [0.25, 0.3) is 5.91 Å². The Morgan fingerprint density at radius 3 is 2.70 bits per heavy atom. The van der Waals surface area contributed by atoms with E-state index in [1.54, 1.807) is 47.1 Å². The number of ether oxygens (including phenoxy) is 1. The predicted octanol–water partition coefficient (Wildman–Crippen LogP) is 6.14. The Bertz CT molecular complexity index is 1500. The summed E-state index contributed by atoms with van der Waals surface area (Å²) in [6.07, 6.45) is 9.42. The van der Waals surface area contributed by atoms with Crippen molar-refractivity contribution in [2.75, 3.05) is 31.3 Å². The van der Waals surface area contributed by atoms with Crippen molar-refractivity contribution in [2.24, 2.45) is 4.99 Å². The zero-order valence-corrected chi connectivity index (χ0v) is 24.7. The number of alkyl halides is 2. The molecule has 7 nitrogen and oxygen atoms in total. The lowest BCUT2D eigenvalue weighted by Gasteiger charge is -2.57. The molecular formula is C32H34F3N5O2S. The highest BCUT2D eigenvalue weighted by atomic mass is 32.2. The number of thioether (sulfide) groups is 1. The quantitative estimate of drug-likeness (QED) is 0.393. The summed E-state index contributed by atoms with van der Waals surface area (Å²) in [5.74, 6) is -3.64. The molecule has 0 aromatic heterocycles. The minimum atomic E-state index is -2.74. The highest BCUT2D eigenvalue weighted by Gasteiger charge is 2.56. The van der Waals surface area contributed by atoms with Gasteiger partial charge in [0.2, 0.25) is 11.7 Å². The number of halogens is 3. The molecule has 1 amide bonds. The van der Waals surface area contributed by atoms with E-state index < -0.39 is 17.5 Å². The molecule has 3 heterocycles. The molecule has 4 aliphatic rings. The minimum Gasteiger partial charge on any atom is -0.497 e. The molecule has 2 aromatic rings. The number of hydrogen-bond donors (Lipinski definition) is 2. The lowest BCUT2D eigenvalue weighted by Crippen LogP contribution is -2.74. The monoisotopic (exact) mass is 609 g/mol. The van der Waals surface area contributed by atoms with Crippen LogP contribution in [0.3, 0.4) is 0 Å². The van der Waals surface area contributed by atoms with Crippen LogP contribution in [0.1, 0.15) is 41.6 Å². The molecule has 11 heteroatoms. The van der Waals surface area contributed by atoms with Crippen molar-refractivity contribution in [3.63, 3.8) is 0 Å². The summed E-state index contributed by atoms with van der Waals surface area (Å²) in [5, 5.41) is 7.75. The summed E-state index contributed by atoms with van der Waals surface area (Å²) in [6, 6.07) is 11.6. The van der Waals surface area contributed by atoms with Gasteiger partial charge in [-0.05, 0) is 55.2 Å². The molecule has 0 saturated heterocycles. The average molecular weight is 610 g/mol. The van der Waals surface area contributed by atoms with Gasteiger partial charge in [-0.1, -0.05) is 42.1 Å².